The smallest absolute Gasteiger partial charge is 0.291 e. The predicted molar refractivity (Wildman–Crippen MR) is 93.8 cm³/mol. The van der Waals surface area contributed by atoms with Gasteiger partial charge in [-0.15, -0.1) is 11.8 Å². The Morgan fingerprint density at radius 1 is 1.12 bits per heavy atom. The van der Waals surface area contributed by atoms with Crippen molar-refractivity contribution < 1.29 is 13.6 Å². The lowest BCUT2D eigenvalue weighted by Crippen LogP contribution is -2.12. The second kappa shape index (κ2) is 7.36. The van der Waals surface area contributed by atoms with Crippen LogP contribution in [0.3, 0.4) is 0 Å². The Hall–Kier alpha value is -2.53. The van der Waals surface area contributed by atoms with Crippen LogP contribution in [0.5, 0.6) is 0 Å². The molecule has 0 aliphatic rings. The van der Waals surface area contributed by atoms with Crippen molar-refractivity contribution in [1.29, 1.82) is 0 Å². The van der Waals surface area contributed by atoms with Crippen LogP contribution < -0.4 is 5.32 Å². The van der Waals surface area contributed by atoms with Gasteiger partial charge in [0, 0.05) is 10.6 Å². The number of carbonyl (C=O) groups is 1. The predicted octanol–water partition coefficient (Wildman–Crippen LogP) is 5.27. The van der Waals surface area contributed by atoms with E-state index in [1.54, 1.807) is 36.9 Å². The number of nitrogens with one attached hydrogen (secondary N) is 1. The van der Waals surface area contributed by atoms with Crippen molar-refractivity contribution in [2.75, 3.05) is 5.32 Å². The van der Waals surface area contributed by atoms with Crippen LogP contribution in [0.15, 0.2) is 70.0 Å². The molecule has 0 radical (unpaired) electrons. The number of halogens is 1. The number of anilines is 1. The molecule has 5 heteroatoms. The van der Waals surface area contributed by atoms with Gasteiger partial charge in [-0.25, -0.2) is 4.39 Å². The molecule has 3 rings (SSSR count). The summed E-state index contributed by atoms with van der Waals surface area (Å²) in [4.78, 5) is 13.4. The summed E-state index contributed by atoms with van der Waals surface area (Å²) in [5, 5.41) is 2.67. The fraction of sp³-hybridized carbons (Fsp3) is 0.105. The third-order valence-electron chi connectivity index (χ3n) is 3.46. The van der Waals surface area contributed by atoms with Crippen LogP contribution >= 0.6 is 11.8 Å². The fourth-order valence-electron chi connectivity index (χ4n) is 2.16. The SMILES string of the molecule is Cc1ccc(F)cc1NC(=O)c1ccc(CSc2ccccc2)o1. The van der Waals surface area contributed by atoms with Crippen molar-refractivity contribution in [2.24, 2.45) is 0 Å². The van der Waals surface area contributed by atoms with E-state index in [1.165, 1.54) is 12.1 Å². The molecule has 122 valence electrons. The number of furan rings is 1. The van der Waals surface area contributed by atoms with Crippen molar-refractivity contribution in [3.63, 3.8) is 0 Å². The van der Waals surface area contributed by atoms with Gasteiger partial charge in [0.25, 0.3) is 5.91 Å². The summed E-state index contributed by atoms with van der Waals surface area (Å²) in [6, 6.07) is 17.6. The number of amides is 1. The van der Waals surface area contributed by atoms with Gasteiger partial charge in [-0.3, -0.25) is 4.79 Å². The number of hydrogen-bond acceptors (Lipinski definition) is 3. The van der Waals surface area contributed by atoms with Crippen LogP contribution in [0.25, 0.3) is 0 Å². The monoisotopic (exact) mass is 341 g/mol. The molecule has 1 N–H and O–H groups in total. The maximum absolute atomic E-state index is 13.3. The van der Waals surface area contributed by atoms with E-state index in [1.807, 2.05) is 30.3 Å². The molecule has 0 aliphatic carbocycles. The highest BCUT2D eigenvalue weighted by Crippen LogP contribution is 2.24. The number of aryl methyl sites for hydroxylation is 1. The van der Waals surface area contributed by atoms with Crippen LogP contribution in [0.2, 0.25) is 0 Å². The van der Waals surface area contributed by atoms with Crippen LogP contribution in [-0.4, -0.2) is 5.91 Å². The molecule has 0 saturated heterocycles. The third kappa shape index (κ3) is 4.06. The molecule has 0 spiro atoms. The van der Waals surface area contributed by atoms with Crippen molar-refractivity contribution in [3.8, 4) is 0 Å². The fourth-order valence-corrected chi connectivity index (χ4v) is 2.98. The summed E-state index contributed by atoms with van der Waals surface area (Å²) in [6.07, 6.45) is 0. The second-order valence-electron chi connectivity index (χ2n) is 5.28. The second-order valence-corrected chi connectivity index (χ2v) is 6.33. The summed E-state index contributed by atoms with van der Waals surface area (Å²) < 4.78 is 18.9. The zero-order chi connectivity index (χ0) is 16.9. The van der Waals surface area contributed by atoms with Gasteiger partial charge in [0.1, 0.15) is 11.6 Å². The van der Waals surface area contributed by atoms with E-state index in [0.29, 0.717) is 17.2 Å². The number of carbonyl (C=O) groups excluding carboxylic acids is 1. The Kier molecular flexibility index (Phi) is 5.01. The summed E-state index contributed by atoms with van der Waals surface area (Å²) >= 11 is 1.63. The van der Waals surface area contributed by atoms with Gasteiger partial charge < -0.3 is 9.73 Å². The minimum Gasteiger partial charge on any atom is -0.455 e. The average Bonchev–Trinajstić information content (AvgIpc) is 3.06. The van der Waals surface area contributed by atoms with Crippen LogP contribution in [0.1, 0.15) is 21.9 Å². The highest BCUT2D eigenvalue weighted by Gasteiger charge is 2.13. The number of rotatable bonds is 5. The Bertz CT molecular complexity index is 846. The molecule has 1 heterocycles. The van der Waals surface area contributed by atoms with Gasteiger partial charge in [0.2, 0.25) is 0 Å². The van der Waals surface area contributed by atoms with E-state index in [0.717, 1.165) is 10.5 Å². The van der Waals surface area contributed by atoms with Crippen LogP contribution in [-0.2, 0) is 5.75 Å². The number of thioether (sulfide) groups is 1. The van der Waals surface area contributed by atoms with Crippen molar-refractivity contribution in [1.82, 2.24) is 0 Å². The van der Waals surface area contributed by atoms with E-state index in [9.17, 15) is 9.18 Å². The van der Waals surface area contributed by atoms with E-state index in [-0.39, 0.29) is 11.7 Å². The Morgan fingerprint density at radius 3 is 2.71 bits per heavy atom. The zero-order valence-corrected chi connectivity index (χ0v) is 13.9. The maximum Gasteiger partial charge on any atom is 0.291 e. The quantitative estimate of drug-likeness (QED) is 0.643. The summed E-state index contributed by atoms with van der Waals surface area (Å²) in [7, 11) is 0. The molecule has 0 fully saturated rings. The number of hydrogen-bond donors (Lipinski definition) is 1. The molecule has 3 nitrogen and oxygen atoms in total. The van der Waals surface area contributed by atoms with E-state index < -0.39 is 5.82 Å². The molecule has 3 aromatic rings. The van der Waals surface area contributed by atoms with Gasteiger partial charge in [-0.2, -0.15) is 0 Å². The summed E-state index contributed by atoms with van der Waals surface area (Å²) in [6.45, 7) is 1.80. The van der Waals surface area contributed by atoms with Gasteiger partial charge in [0.15, 0.2) is 5.76 Å². The lowest BCUT2D eigenvalue weighted by molar-refractivity contribution is 0.0995. The lowest BCUT2D eigenvalue weighted by atomic mass is 10.2. The topological polar surface area (TPSA) is 42.2 Å². The molecule has 0 saturated carbocycles. The van der Waals surface area contributed by atoms with Crippen molar-refractivity contribution >= 4 is 23.4 Å². The molecule has 0 atom stereocenters. The maximum atomic E-state index is 13.3. The number of benzene rings is 2. The molecule has 1 aromatic heterocycles. The molecule has 0 aliphatic heterocycles. The normalized spacial score (nSPS) is 10.6. The molecule has 0 unspecified atom stereocenters. The highest BCUT2D eigenvalue weighted by molar-refractivity contribution is 7.98. The molecular weight excluding hydrogens is 325 g/mol. The zero-order valence-electron chi connectivity index (χ0n) is 13.1. The van der Waals surface area contributed by atoms with Crippen molar-refractivity contribution in [3.05, 3.63) is 83.6 Å². The first kappa shape index (κ1) is 16.3. The van der Waals surface area contributed by atoms with Gasteiger partial charge >= 0.3 is 0 Å². The minimum absolute atomic E-state index is 0.210. The molecule has 0 bridgehead atoms. The van der Waals surface area contributed by atoms with Gasteiger partial charge in [0.05, 0.1) is 5.75 Å². The standard InChI is InChI=1S/C19H16FNO2S/c1-13-7-8-14(20)11-17(13)21-19(22)18-10-9-15(23-18)12-24-16-5-3-2-4-6-16/h2-11H,12H2,1H3,(H,21,22). The van der Waals surface area contributed by atoms with Gasteiger partial charge in [-0.1, -0.05) is 24.3 Å². The van der Waals surface area contributed by atoms with Crippen LogP contribution in [0, 0.1) is 12.7 Å². The van der Waals surface area contributed by atoms with E-state index in [2.05, 4.69) is 5.32 Å². The largest absolute Gasteiger partial charge is 0.455 e. The Labute approximate surface area is 143 Å². The van der Waals surface area contributed by atoms with E-state index >= 15 is 0 Å². The lowest BCUT2D eigenvalue weighted by Gasteiger charge is -2.06. The van der Waals surface area contributed by atoms with Crippen LogP contribution in [0.4, 0.5) is 10.1 Å². The summed E-state index contributed by atoms with van der Waals surface area (Å²) in [5.41, 5.74) is 1.23. The Balaban J connectivity index is 1.64. The Morgan fingerprint density at radius 2 is 1.92 bits per heavy atom. The third-order valence-corrected chi connectivity index (χ3v) is 4.49. The first-order valence-corrected chi connectivity index (χ1v) is 8.44. The summed E-state index contributed by atoms with van der Waals surface area (Å²) in [5.74, 6) is 0.776. The first-order valence-electron chi connectivity index (χ1n) is 7.46. The minimum atomic E-state index is -0.393. The molecule has 2 aromatic carbocycles. The molecular formula is C19H16FNO2S. The average molecular weight is 341 g/mol. The molecule has 24 heavy (non-hydrogen) atoms. The molecule has 1 amide bonds. The van der Waals surface area contributed by atoms with Crippen molar-refractivity contribution in [2.45, 2.75) is 17.6 Å². The highest BCUT2D eigenvalue weighted by atomic mass is 32.2. The van der Waals surface area contributed by atoms with Gasteiger partial charge in [-0.05, 0) is 48.9 Å². The first-order chi connectivity index (χ1) is 11.6. The van der Waals surface area contributed by atoms with E-state index in [4.69, 9.17) is 4.42 Å².